The van der Waals surface area contributed by atoms with E-state index in [4.69, 9.17) is 19.4 Å². The van der Waals surface area contributed by atoms with Crippen LogP contribution in [0.3, 0.4) is 0 Å². The highest BCUT2D eigenvalue weighted by atomic mass is 16.3. The molecule has 0 bridgehead atoms. The van der Waals surface area contributed by atoms with Gasteiger partial charge in [-0.3, -0.25) is 4.57 Å². The summed E-state index contributed by atoms with van der Waals surface area (Å²) in [7, 11) is 0. The first-order valence-corrected chi connectivity index (χ1v) is 22.7. The Hall–Kier alpha value is -9.13. The molecule has 0 spiro atoms. The van der Waals surface area contributed by atoms with E-state index in [-0.39, 0.29) is 0 Å². The molecule has 10 aromatic carbocycles. The van der Waals surface area contributed by atoms with E-state index in [0.717, 1.165) is 71.7 Å². The van der Waals surface area contributed by atoms with Crippen LogP contribution in [-0.2, 0) is 0 Å². The molecular formula is C61H35N5O. The Bertz CT molecular complexity index is 4390. The van der Waals surface area contributed by atoms with Gasteiger partial charge in [-0.05, 0) is 111 Å². The third-order valence-electron chi connectivity index (χ3n) is 13.9. The highest BCUT2D eigenvalue weighted by Gasteiger charge is 2.26. The van der Waals surface area contributed by atoms with Gasteiger partial charge in [0, 0.05) is 49.1 Å². The van der Waals surface area contributed by atoms with Crippen LogP contribution in [0.15, 0.2) is 217 Å². The summed E-state index contributed by atoms with van der Waals surface area (Å²) >= 11 is 0. The number of benzene rings is 10. The van der Waals surface area contributed by atoms with E-state index in [1.165, 1.54) is 54.8 Å². The van der Waals surface area contributed by atoms with E-state index < -0.39 is 0 Å². The normalized spacial score (nSPS) is 12.2. The van der Waals surface area contributed by atoms with Crippen molar-refractivity contribution in [3.8, 4) is 67.8 Å². The minimum atomic E-state index is 0.549. The van der Waals surface area contributed by atoms with E-state index in [1.54, 1.807) is 0 Å². The van der Waals surface area contributed by atoms with Crippen LogP contribution in [0.1, 0.15) is 0 Å². The third-order valence-corrected chi connectivity index (χ3v) is 13.9. The number of fused-ring (bicyclic) bond motifs is 13. The van der Waals surface area contributed by atoms with Crippen molar-refractivity contribution in [3.63, 3.8) is 0 Å². The van der Waals surface area contributed by atoms with Gasteiger partial charge in [0.15, 0.2) is 11.6 Å². The van der Waals surface area contributed by atoms with Crippen LogP contribution in [-0.4, -0.2) is 24.1 Å². The zero-order chi connectivity index (χ0) is 43.7. The van der Waals surface area contributed by atoms with Crippen LogP contribution in [0.2, 0.25) is 0 Å². The zero-order valence-electron chi connectivity index (χ0n) is 35.9. The molecule has 0 amide bonds. The molecule has 0 saturated carbocycles. The van der Waals surface area contributed by atoms with Crippen molar-refractivity contribution in [2.45, 2.75) is 0 Å². The summed E-state index contributed by atoms with van der Waals surface area (Å²) < 4.78 is 11.0. The molecule has 67 heavy (non-hydrogen) atoms. The topological polar surface area (TPSA) is 61.7 Å². The van der Waals surface area contributed by atoms with Crippen molar-refractivity contribution in [1.82, 2.24) is 24.1 Å². The van der Waals surface area contributed by atoms with E-state index >= 15 is 0 Å². The molecule has 0 radical (unpaired) electrons. The molecule has 0 saturated heterocycles. The molecule has 6 nitrogen and oxygen atoms in total. The maximum atomic E-state index is 6.33. The van der Waals surface area contributed by atoms with Crippen molar-refractivity contribution in [1.29, 1.82) is 0 Å². The van der Waals surface area contributed by atoms with Crippen LogP contribution in [0.5, 0.6) is 0 Å². The van der Waals surface area contributed by atoms with Crippen LogP contribution in [0.4, 0.5) is 0 Å². The Morgan fingerprint density at radius 2 is 0.896 bits per heavy atom. The fourth-order valence-corrected chi connectivity index (χ4v) is 11.0. The lowest BCUT2D eigenvalue weighted by atomic mass is 9.96. The first-order valence-electron chi connectivity index (χ1n) is 22.7. The molecule has 4 aromatic heterocycles. The predicted octanol–water partition coefficient (Wildman–Crippen LogP) is 15.8. The molecule has 310 valence electrons. The quantitative estimate of drug-likeness (QED) is 0.173. The van der Waals surface area contributed by atoms with Crippen LogP contribution in [0, 0.1) is 0 Å². The van der Waals surface area contributed by atoms with E-state index in [0.29, 0.717) is 17.6 Å². The third kappa shape index (κ3) is 5.23. The SMILES string of the molecule is c1ccc(-c2nc(-c3ccc4c(c3)oc3ccccc34)nc(-n3c4ccccc4c4cc(-c5ccc6c(c5)c5c7cccc8c7c(cc5n6-c5ccccc5)-c5ccccc5-8)ccc43)n2)cc1. The number of hydrogen-bond acceptors (Lipinski definition) is 4. The molecule has 0 fully saturated rings. The van der Waals surface area contributed by atoms with Gasteiger partial charge in [0.2, 0.25) is 5.95 Å². The molecule has 0 N–H and O–H groups in total. The Labute approximate surface area is 383 Å². The van der Waals surface area contributed by atoms with Gasteiger partial charge in [-0.1, -0.05) is 146 Å². The second kappa shape index (κ2) is 13.7. The number of para-hydroxylation sites is 3. The van der Waals surface area contributed by atoms with Gasteiger partial charge in [-0.2, -0.15) is 9.97 Å². The summed E-state index contributed by atoms with van der Waals surface area (Å²) in [6, 6.07) is 75.7. The van der Waals surface area contributed by atoms with E-state index in [1.807, 2.05) is 54.6 Å². The molecule has 14 aromatic rings. The van der Waals surface area contributed by atoms with Crippen molar-refractivity contribution < 1.29 is 4.42 Å². The van der Waals surface area contributed by atoms with Crippen molar-refractivity contribution in [3.05, 3.63) is 212 Å². The second-order valence-corrected chi connectivity index (χ2v) is 17.5. The first kappa shape index (κ1) is 36.2. The fraction of sp³-hybridized carbons (Fsp3) is 0. The molecule has 1 aliphatic carbocycles. The summed E-state index contributed by atoms with van der Waals surface area (Å²) in [4.78, 5) is 15.6. The van der Waals surface area contributed by atoms with Crippen LogP contribution >= 0.6 is 0 Å². The maximum Gasteiger partial charge on any atom is 0.238 e. The zero-order valence-corrected chi connectivity index (χ0v) is 35.9. The van der Waals surface area contributed by atoms with Gasteiger partial charge < -0.3 is 8.98 Å². The highest BCUT2D eigenvalue weighted by Crippen LogP contribution is 2.51. The molecule has 6 heteroatoms. The minimum absolute atomic E-state index is 0.549. The van der Waals surface area contributed by atoms with Crippen LogP contribution in [0.25, 0.3) is 144 Å². The molecule has 1 aliphatic rings. The van der Waals surface area contributed by atoms with Gasteiger partial charge >= 0.3 is 0 Å². The molecular weight excluding hydrogens is 819 g/mol. The lowest BCUT2D eigenvalue weighted by molar-refractivity contribution is 0.669. The lowest BCUT2D eigenvalue weighted by Crippen LogP contribution is -2.06. The average molecular weight is 854 g/mol. The largest absolute Gasteiger partial charge is 0.456 e. The summed E-state index contributed by atoms with van der Waals surface area (Å²) in [5.41, 5.74) is 16.5. The van der Waals surface area contributed by atoms with E-state index in [9.17, 15) is 0 Å². The lowest BCUT2D eigenvalue weighted by Gasteiger charge is -2.11. The van der Waals surface area contributed by atoms with Gasteiger partial charge in [0.1, 0.15) is 11.2 Å². The smallest absolute Gasteiger partial charge is 0.238 e. The minimum Gasteiger partial charge on any atom is -0.456 e. The predicted molar refractivity (Wildman–Crippen MR) is 274 cm³/mol. The molecule has 0 unspecified atom stereocenters. The maximum absolute atomic E-state index is 6.33. The Balaban J connectivity index is 0.933. The van der Waals surface area contributed by atoms with Crippen molar-refractivity contribution >= 4 is 76.3 Å². The fourth-order valence-electron chi connectivity index (χ4n) is 11.0. The molecule has 0 atom stereocenters. The molecule has 4 heterocycles. The van der Waals surface area contributed by atoms with Gasteiger partial charge in [-0.15, -0.1) is 0 Å². The van der Waals surface area contributed by atoms with Crippen LogP contribution < -0.4 is 0 Å². The Kier molecular flexibility index (Phi) is 7.40. The first-order chi connectivity index (χ1) is 33.2. The monoisotopic (exact) mass is 853 g/mol. The van der Waals surface area contributed by atoms with Crippen molar-refractivity contribution in [2.75, 3.05) is 0 Å². The summed E-state index contributed by atoms with van der Waals surface area (Å²) in [5, 5.41) is 9.49. The Morgan fingerprint density at radius 1 is 0.299 bits per heavy atom. The summed E-state index contributed by atoms with van der Waals surface area (Å²) in [6.45, 7) is 0. The molecule has 0 aliphatic heterocycles. The summed E-state index contributed by atoms with van der Waals surface area (Å²) in [6.07, 6.45) is 0. The average Bonchev–Trinajstić information content (AvgIpc) is 4.13. The van der Waals surface area contributed by atoms with E-state index in [2.05, 4.69) is 167 Å². The Morgan fingerprint density at radius 3 is 1.72 bits per heavy atom. The van der Waals surface area contributed by atoms with Gasteiger partial charge in [-0.25, -0.2) is 4.98 Å². The number of furan rings is 1. The van der Waals surface area contributed by atoms with Gasteiger partial charge in [0.25, 0.3) is 0 Å². The molecule has 15 rings (SSSR count). The van der Waals surface area contributed by atoms with Gasteiger partial charge in [0.05, 0.1) is 22.1 Å². The second-order valence-electron chi connectivity index (χ2n) is 17.5. The number of rotatable bonds is 5. The highest BCUT2D eigenvalue weighted by molar-refractivity contribution is 6.29. The number of nitrogens with zero attached hydrogens (tertiary/aromatic N) is 5. The number of aromatic nitrogens is 5. The number of hydrogen-bond donors (Lipinski definition) is 0. The standard InChI is InChI=1S/C61H35N5O/c1-3-14-36(15-4-1)59-62-60(39-26-29-45-44-21-10-12-25-55(44)67-56(45)34-39)64-61(63-59)66-51-24-11-9-20-43(51)48-32-37(27-30-52(48)66)38-28-31-53-50(33-38)58-47-23-13-22-46-41-18-7-8-19-42(41)49(57(46)47)35-54(58)65(53)40-16-5-2-6-17-40/h1-35H. The van der Waals surface area contributed by atoms with Crippen molar-refractivity contribution in [2.24, 2.45) is 0 Å². The summed E-state index contributed by atoms with van der Waals surface area (Å²) in [5.74, 6) is 1.72.